The molecule has 0 saturated heterocycles. The average molecular weight is 247 g/mol. The number of aliphatic carboxylic acids is 1. The Labute approximate surface area is 109 Å². The molecule has 3 nitrogen and oxygen atoms in total. The lowest BCUT2D eigenvalue weighted by Gasteiger charge is -2.15. The van der Waals surface area contributed by atoms with Crippen molar-refractivity contribution >= 4 is 11.7 Å². The Morgan fingerprint density at radius 3 is 2.28 bits per heavy atom. The zero-order chi connectivity index (χ0) is 13.5. The third kappa shape index (κ3) is 3.91. The van der Waals surface area contributed by atoms with Crippen LogP contribution in [0.4, 0.5) is 5.69 Å². The van der Waals surface area contributed by atoms with E-state index in [0.717, 1.165) is 24.1 Å². The molecule has 0 amide bonds. The Hall–Kier alpha value is -1.77. The maximum absolute atomic E-state index is 10.6. The lowest BCUT2D eigenvalue weighted by molar-refractivity contribution is -0.131. The van der Waals surface area contributed by atoms with Crippen molar-refractivity contribution in [2.45, 2.75) is 33.6 Å². The van der Waals surface area contributed by atoms with Crippen molar-refractivity contribution in [2.75, 3.05) is 11.9 Å². The molecule has 1 aromatic carbocycles. The third-order valence-electron chi connectivity index (χ3n) is 2.91. The van der Waals surface area contributed by atoms with Crippen LogP contribution < -0.4 is 5.32 Å². The van der Waals surface area contributed by atoms with Crippen LogP contribution in [0.2, 0.25) is 0 Å². The molecule has 0 saturated carbocycles. The molecule has 18 heavy (non-hydrogen) atoms. The lowest BCUT2D eigenvalue weighted by atomic mass is 10.0. The number of para-hydroxylation sites is 1. The number of anilines is 1. The molecule has 0 aliphatic carbocycles. The van der Waals surface area contributed by atoms with Crippen LogP contribution in [0.5, 0.6) is 0 Å². The Kier molecular flexibility index (Phi) is 5.43. The molecule has 1 rings (SSSR count). The van der Waals surface area contributed by atoms with Crippen LogP contribution in [0.15, 0.2) is 29.8 Å². The van der Waals surface area contributed by atoms with Crippen molar-refractivity contribution in [2.24, 2.45) is 0 Å². The predicted octanol–water partition coefficient (Wildman–Crippen LogP) is 3.25. The summed E-state index contributed by atoms with van der Waals surface area (Å²) in [6.45, 7) is 6.64. The van der Waals surface area contributed by atoms with Crippen molar-refractivity contribution < 1.29 is 9.90 Å². The van der Waals surface area contributed by atoms with E-state index < -0.39 is 5.97 Å². The monoisotopic (exact) mass is 247 g/mol. The van der Waals surface area contributed by atoms with E-state index in [1.165, 1.54) is 17.2 Å². The Balaban J connectivity index is 2.86. The smallest absolute Gasteiger partial charge is 0.328 e. The maximum atomic E-state index is 10.6. The summed E-state index contributed by atoms with van der Waals surface area (Å²) in [5, 5.41) is 12.0. The predicted molar refractivity (Wildman–Crippen MR) is 75.1 cm³/mol. The van der Waals surface area contributed by atoms with Gasteiger partial charge < -0.3 is 10.4 Å². The van der Waals surface area contributed by atoms with Crippen molar-refractivity contribution in [3.8, 4) is 0 Å². The number of aryl methyl sites for hydroxylation is 2. The van der Waals surface area contributed by atoms with E-state index >= 15 is 0 Å². The van der Waals surface area contributed by atoms with Crippen LogP contribution in [0.25, 0.3) is 0 Å². The van der Waals surface area contributed by atoms with Crippen LogP contribution in [0, 0.1) is 0 Å². The van der Waals surface area contributed by atoms with Gasteiger partial charge in [0.15, 0.2) is 0 Å². The van der Waals surface area contributed by atoms with E-state index in [1.807, 2.05) is 6.92 Å². The molecule has 0 unspecified atom stereocenters. The fourth-order valence-corrected chi connectivity index (χ4v) is 1.96. The number of carboxylic acids is 1. The normalized spacial score (nSPS) is 11.4. The first kappa shape index (κ1) is 14.3. The first-order valence-corrected chi connectivity index (χ1v) is 6.33. The fraction of sp³-hybridized carbons (Fsp3) is 0.400. The van der Waals surface area contributed by atoms with Crippen LogP contribution in [-0.4, -0.2) is 17.6 Å². The number of benzene rings is 1. The van der Waals surface area contributed by atoms with E-state index in [0.29, 0.717) is 6.54 Å². The van der Waals surface area contributed by atoms with Gasteiger partial charge in [-0.2, -0.15) is 0 Å². The van der Waals surface area contributed by atoms with Gasteiger partial charge in [0.1, 0.15) is 0 Å². The van der Waals surface area contributed by atoms with Crippen molar-refractivity contribution in [3.63, 3.8) is 0 Å². The Bertz CT molecular complexity index is 428. The van der Waals surface area contributed by atoms with Crippen LogP contribution in [0.3, 0.4) is 0 Å². The van der Waals surface area contributed by atoms with Gasteiger partial charge in [0, 0.05) is 18.3 Å². The molecular formula is C15H21NO2. The summed E-state index contributed by atoms with van der Waals surface area (Å²) >= 11 is 0. The van der Waals surface area contributed by atoms with E-state index in [1.54, 1.807) is 0 Å². The highest BCUT2D eigenvalue weighted by molar-refractivity contribution is 5.80. The molecule has 0 aliphatic heterocycles. The van der Waals surface area contributed by atoms with Crippen molar-refractivity contribution in [1.82, 2.24) is 0 Å². The summed E-state index contributed by atoms with van der Waals surface area (Å²) in [6, 6.07) is 6.29. The first-order valence-electron chi connectivity index (χ1n) is 6.33. The molecule has 1 aromatic rings. The number of hydrogen-bond donors (Lipinski definition) is 2. The van der Waals surface area contributed by atoms with Gasteiger partial charge in [0.2, 0.25) is 0 Å². The highest BCUT2D eigenvalue weighted by Gasteiger charge is 2.05. The van der Waals surface area contributed by atoms with E-state index in [9.17, 15) is 4.79 Å². The highest BCUT2D eigenvalue weighted by atomic mass is 16.4. The second-order valence-corrected chi connectivity index (χ2v) is 4.34. The summed E-state index contributed by atoms with van der Waals surface area (Å²) in [5.74, 6) is -0.895. The number of nitrogens with one attached hydrogen (secondary N) is 1. The first-order chi connectivity index (χ1) is 8.58. The Morgan fingerprint density at radius 1 is 1.28 bits per heavy atom. The molecule has 0 spiro atoms. The van der Waals surface area contributed by atoms with Crippen molar-refractivity contribution in [3.05, 3.63) is 41.0 Å². The molecular weight excluding hydrogens is 226 g/mol. The summed E-state index contributed by atoms with van der Waals surface area (Å²) in [5.41, 5.74) is 4.52. The summed E-state index contributed by atoms with van der Waals surface area (Å²) in [4.78, 5) is 10.6. The molecule has 0 aliphatic rings. The van der Waals surface area contributed by atoms with Gasteiger partial charge in [-0.25, -0.2) is 4.79 Å². The van der Waals surface area contributed by atoms with Crippen molar-refractivity contribution in [1.29, 1.82) is 0 Å². The molecule has 2 N–H and O–H groups in total. The van der Waals surface area contributed by atoms with E-state index in [-0.39, 0.29) is 0 Å². The van der Waals surface area contributed by atoms with Gasteiger partial charge in [-0.15, -0.1) is 0 Å². The SMILES string of the molecule is CCc1cccc(CC)c1NC/C(C)=C/C(=O)O. The molecule has 98 valence electrons. The summed E-state index contributed by atoms with van der Waals surface area (Å²) in [6.07, 6.45) is 3.18. The summed E-state index contributed by atoms with van der Waals surface area (Å²) in [7, 11) is 0. The van der Waals surface area contributed by atoms with E-state index in [4.69, 9.17) is 5.11 Å². The minimum atomic E-state index is -0.895. The number of carbonyl (C=O) groups is 1. The van der Waals surface area contributed by atoms with E-state index in [2.05, 4.69) is 37.4 Å². The molecule has 0 bridgehead atoms. The van der Waals surface area contributed by atoms with Gasteiger partial charge in [-0.3, -0.25) is 0 Å². The third-order valence-corrected chi connectivity index (χ3v) is 2.91. The standard InChI is InChI=1S/C15H21NO2/c1-4-12-7-6-8-13(5-2)15(12)16-10-11(3)9-14(17)18/h6-9,16H,4-5,10H2,1-3H3,(H,17,18)/b11-9+. The quantitative estimate of drug-likeness (QED) is 0.759. The topological polar surface area (TPSA) is 49.3 Å². The number of hydrogen-bond acceptors (Lipinski definition) is 2. The Morgan fingerprint density at radius 2 is 1.83 bits per heavy atom. The zero-order valence-electron chi connectivity index (χ0n) is 11.3. The molecule has 3 heteroatoms. The largest absolute Gasteiger partial charge is 0.478 e. The fourth-order valence-electron chi connectivity index (χ4n) is 1.96. The molecule has 0 aromatic heterocycles. The van der Waals surface area contributed by atoms with Gasteiger partial charge >= 0.3 is 5.97 Å². The lowest BCUT2D eigenvalue weighted by Crippen LogP contribution is -2.08. The number of carboxylic acid groups (broad SMARTS) is 1. The van der Waals surface area contributed by atoms with Gasteiger partial charge in [0.25, 0.3) is 0 Å². The average Bonchev–Trinajstić information content (AvgIpc) is 2.34. The minimum Gasteiger partial charge on any atom is -0.478 e. The summed E-state index contributed by atoms with van der Waals surface area (Å²) < 4.78 is 0. The zero-order valence-corrected chi connectivity index (χ0v) is 11.3. The maximum Gasteiger partial charge on any atom is 0.328 e. The second kappa shape index (κ2) is 6.84. The van der Waals surface area contributed by atoms with Gasteiger partial charge in [0.05, 0.1) is 0 Å². The highest BCUT2D eigenvalue weighted by Crippen LogP contribution is 2.22. The van der Waals surface area contributed by atoms with Crippen LogP contribution in [0.1, 0.15) is 31.9 Å². The molecule has 0 fully saturated rings. The minimum absolute atomic E-state index is 0.566. The molecule has 0 radical (unpaired) electrons. The number of rotatable bonds is 6. The second-order valence-electron chi connectivity index (χ2n) is 4.34. The van der Waals surface area contributed by atoms with Gasteiger partial charge in [-0.1, -0.05) is 32.0 Å². The van der Waals surface area contributed by atoms with Gasteiger partial charge in [-0.05, 0) is 36.5 Å². The van der Waals surface area contributed by atoms with Crippen LogP contribution >= 0.6 is 0 Å². The molecule has 0 atom stereocenters. The molecule has 0 heterocycles. The van der Waals surface area contributed by atoms with Crippen LogP contribution in [-0.2, 0) is 17.6 Å².